The number of carboxylic acid groups (broad SMARTS) is 1. The van der Waals surface area contributed by atoms with Crippen LogP contribution in [0.15, 0.2) is 18.2 Å². The number of ether oxygens (including phenoxy) is 1. The van der Waals surface area contributed by atoms with Crippen LogP contribution in [0.4, 0.5) is 5.13 Å². The van der Waals surface area contributed by atoms with Gasteiger partial charge in [0, 0.05) is 11.4 Å². The van der Waals surface area contributed by atoms with Gasteiger partial charge in [-0.2, -0.15) is 0 Å². The van der Waals surface area contributed by atoms with Gasteiger partial charge in [0.25, 0.3) is 0 Å². The summed E-state index contributed by atoms with van der Waals surface area (Å²) in [4.78, 5) is 22.3. The zero-order valence-corrected chi connectivity index (χ0v) is 14.6. The minimum Gasteiger partial charge on any atom is -0.492 e. The van der Waals surface area contributed by atoms with Crippen LogP contribution in [-0.4, -0.2) is 33.8 Å². The number of carbonyl (C=O) groups excluding carboxylic acids is 1. The molecule has 128 valence electrons. The number of anilines is 1. The number of carbonyl (C=O) groups is 2. The van der Waals surface area contributed by atoms with Gasteiger partial charge in [-0.25, -0.2) is 0 Å². The van der Waals surface area contributed by atoms with E-state index >= 15 is 0 Å². The highest BCUT2D eigenvalue weighted by Gasteiger charge is 2.10. The Morgan fingerprint density at radius 3 is 2.79 bits per heavy atom. The fraction of sp³-hybridized carbons (Fsp3) is 0.286. The molecule has 2 N–H and O–H groups in total. The minimum absolute atomic E-state index is 0.219. The summed E-state index contributed by atoms with van der Waals surface area (Å²) in [7, 11) is 0. The summed E-state index contributed by atoms with van der Waals surface area (Å²) in [5.41, 5.74) is 0. The first-order chi connectivity index (χ1) is 11.4. The van der Waals surface area contributed by atoms with E-state index in [4.69, 9.17) is 33.0 Å². The molecule has 0 aliphatic carbocycles. The summed E-state index contributed by atoms with van der Waals surface area (Å²) in [6.07, 6.45) is 0.480. The quantitative estimate of drug-likeness (QED) is 0.671. The van der Waals surface area contributed by atoms with Crippen LogP contribution in [0, 0.1) is 0 Å². The van der Waals surface area contributed by atoms with Crippen molar-refractivity contribution in [2.75, 3.05) is 11.9 Å². The van der Waals surface area contributed by atoms with Gasteiger partial charge in [0.2, 0.25) is 11.0 Å². The molecule has 0 atom stereocenters. The first-order valence-corrected chi connectivity index (χ1v) is 8.43. The molecule has 1 heterocycles. The second-order valence-electron chi connectivity index (χ2n) is 4.65. The van der Waals surface area contributed by atoms with Gasteiger partial charge in [0.15, 0.2) is 0 Å². The molecule has 1 amide bonds. The van der Waals surface area contributed by atoms with Crippen molar-refractivity contribution in [2.45, 2.75) is 19.3 Å². The van der Waals surface area contributed by atoms with Crippen LogP contribution in [0.25, 0.3) is 0 Å². The van der Waals surface area contributed by atoms with Crippen LogP contribution in [0.3, 0.4) is 0 Å². The fourth-order valence-electron chi connectivity index (χ4n) is 1.69. The number of hydrogen-bond donors (Lipinski definition) is 2. The van der Waals surface area contributed by atoms with E-state index in [0.29, 0.717) is 33.8 Å². The van der Waals surface area contributed by atoms with Crippen LogP contribution >= 0.6 is 34.5 Å². The number of aliphatic carboxylic acids is 1. The number of carboxylic acids is 1. The van der Waals surface area contributed by atoms with Crippen LogP contribution < -0.4 is 10.1 Å². The molecular weight excluding hydrogens is 377 g/mol. The molecule has 0 aliphatic heterocycles. The van der Waals surface area contributed by atoms with E-state index in [0.717, 1.165) is 11.3 Å². The summed E-state index contributed by atoms with van der Waals surface area (Å²) >= 11 is 12.8. The summed E-state index contributed by atoms with van der Waals surface area (Å²) in [5.74, 6) is -0.746. The van der Waals surface area contributed by atoms with Gasteiger partial charge in [0.05, 0.1) is 18.1 Å². The van der Waals surface area contributed by atoms with E-state index in [1.807, 2.05) is 0 Å². The lowest BCUT2D eigenvalue weighted by Crippen LogP contribution is -2.12. The minimum atomic E-state index is -0.998. The Kier molecular flexibility index (Phi) is 6.77. The molecule has 2 aromatic rings. The van der Waals surface area contributed by atoms with Gasteiger partial charge in [0.1, 0.15) is 10.8 Å². The molecule has 10 heteroatoms. The lowest BCUT2D eigenvalue weighted by atomic mass is 10.3. The van der Waals surface area contributed by atoms with Gasteiger partial charge in [-0.3, -0.25) is 9.59 Å². The third-order valence-electron chi connectivity index (χ3n) is 2.72. The highest BCUT2D eigenvalue weighted by atomic mass is 35.5. The predicted octanol–water partition coefficient (Wildman–Crippen LogP) is 3.27. The Hall–Kier alpha value is -1.90. The molecular formula is C14H13Cl2N3O4S. The Morgan fingerprint density at radius 1 is 1.29 bits per heavy atom. The molecule has 0 unspecified atom stereocenters. The van der Waals surface area contributed by atoms with Gasteiger partial charge < -0.3 is 15.2 Å². The summed E-state index contributed by atoms with van der Waals surface area (Å²) < 4.78 is 5.48. The number of nitrogens with zero attached hydrogens (tertiary/aromatic N) is 2. The Labute approximate surface area is 151 Å². The maximum absolute atomic E-state index is 11.8. The van der Waals surface area contributed by atoms with Crippen LogP contribution in [0.1, 0.15) is 17.8 Å². The first kappa shape index (κ1) is 18.4. The molecule has 0 radical (unpaired) electrons. The molecule has 0 bridgehead atoms. The highest BCUT2D eigenvalue weighted by molar-refractivity contribution is 7.15. The Bertz CT molecular complexity index is 739. The maximum atomic E-state index is 11.8. The lowest BCUT2D eigenvalue weighted by Gasteiger charge is -2.07. The molecule has 24 heavy (non-hydrogen) atoms. The number of benzene rings is 1. The molecule has 0 saturated heterocycles. The number of nitrogens with one attached hydrogen (secondary N) is 1. The predicted molar refractivity (Wildman–Crippen MR) is 91.1 cm³/mol. The molecule has 0 spiro atoms. The zero-order valence-electron chi connectivity index (χ0n) is 12.3. The third-order valence-corrected chi connectivity index (χ3v) is 4.08. The fourth-order valence-corrected chi connectivity index (χ4v) is 2.90. The largest absolute Gasteiger partial charge is 0.492 e. The topological polar surface area (TPSA) is 101 Å². The normalized spacial score (nSPS) is 10.4. The number of aromatic nitrogens is 2. The maximum Gasteiger partial charge on any atom is 0.310 e. The van der Waals surface area contributed by atoms with Crippen molar-refractivity contribution in [1.82, 2.24) is 10.2 Å². The Morgan fingerprint density at radius 2 is 2.08 bits per heavy atom. The van der Waals surface area contributed by atoms with Crippen molar-refractivity contribution in [3.63, 3.8) is 0 Å². The third kappa shape index (κ3) is 5.95. The molecule has 7 nitrogen and oxygen atoms in total. The van der Waals surface area contributed by atoms with Crippen molar-refractivity contribution in [1.29, 1.82) is 0 Å². The van der Waals surface area contributed by atoms with Crippen LogP contribution in [-0.2, 0) is 16.0 Å². The van der Waals surface area contributed by atoms with Gasteiger partial charge >= 0.3 is 5.97 Å². The average molecular weight is 390 g/mol. The average Bonchev–Trinajstić information content (AvgIpc) is 2.91. The summed E-state index contributed by atoms with van der Waals surface area (Å²) in [5, 5.41) is 20.2. The van der Waals surface area contributed by atoms with Crippen molar-refractivity contribution >= 4 is 51.5 Å². The monoisotopic (exact) mass is 389 g/mol. The van der Waals surface area contributed by atoms with E-state index in [-0.39, 0.29) is 23.9 Å². The summed E-state index contributed by atoms with van der Waals surface area (Å²) in [6, 6.07) is 4.91. The molecule has 2 rings (SSSR count). The van der Waals surface area contributed by atoms with E-state index in [2.05, 4.69) is 15.5 Å². The highest BCUT2D eigenvalue weighted by Crippen LogP contribution is 2.27. The number of rotatable bonds is 8. The number of halogens is 2. The smallest absolute Gasteiger partial charge is 0.310 e. The van der Waals surface area contributed by atoms with Crippen molar-refractivity contribution in [3.05, 3.63) is 33.3 Å². The van der Waals surface area contributed by atoms with E-state index in [9.17, 15) is 9.59 Å². The molecule has 1 aromatic heterocycles. The van der Waals surface area contributed by atoms with Gasteiger partial charge in [-0.15, -0.1) is 10.2 Å². The lowest BCUT2D eigenvalue weighted by molar-refractivity contribution is -0.136. The van der Waals surface area contributed by atoms with E-state index in [1.54, 1.807) is 18.2 Å². The van der Waals surface area contributed by atoms with Crippen molar-refractivity contribution in [3.8, 4) is 5.75 Å². The van der Waals surface area contributed by atoms with Crippen LogP contribution in [0.5, 0.6) is 5.75 Å². The second-order valence-corrected chi connectivity index (χ2v) is 6.55. The second kappa shape index (κ2) is 8.81. The molecule has 0 fully saturated rings. The van der Waals surface area contributed by atoms with Crippen molar-refractivity contribution < 1.29 is 19.4 Å². The first-order valence-electron chi connectivity index (χ1n) is 6.86. The summed E-state index contributed by atoms with van der Waals surface area (Å²) in [6.45, 7) is 0.315. The van der Waals surface area contributed by atoms with Crippen molar-refractivity contribution in [2.24, 2.45) is 0 Å². The van der Waals surface area contributed by atoms with Crippen LogP contribution in [0.2, 0.25) is 10.0 Å². The van der Waals surface area contributed by atoms with Gasteiger partial charge in [-0.05, 0) is 24.6 Å². The van der Waals surface area contributed by atoms with E-state index in [1.165, 1.54) is 0 Å². The molecule has 0 saturated carbocycles. The SMILES string of the molecule is O=C(O)Cc1nnc(NC(=O)CCCOc2ccc(Cl)cc2Cl)s1. The van der Waals surface area contributed by atoms with Gasteiger partial charge in [-0.1, -0.05) is 34.5 Å². The zero-order chi connectivity index (χ0) is 17.5. The molecule has 0 aliphatic rings. The number of hydrogen-bond acceptors (Lipinski definition) is 6. The molecule has 1 aromatic carbocycles. The number of amides is 1. The standard InChI is InChI=1S/C14H13Cl2N3O4S/c15-8-3-4-10(9(16)6-8)23-5-1-2-11(20)17-14-19-18-12(24-14)7-13(21)22/h3-4,6H,1-2,5,7H2,(H,21,22)(H,17,19,20). The van der Waals surface area contributed by atoms with E-state index < -0.39 is 5.97 Å². The Balaban J connectivity index is 1.71.